The van der Waals surface area contributed by atoms with E-state index in [4.69, 9.17) is 20.7 Å². The predicted molar refractivity (Wildman–Crippen MR) is 17.0 cm³/mol. The van der Waals surface area contributed by atoms with E-state index in [0.717, 1.165) is 0 Å². The molecule has 0 rings (SSSR count). The normalized spacial score (nSPS) is 2.00. The van der Waals surface area contributed by atoms with Crippen LogP contribution in [0.1, 0.15) is 0 Å². The summed E-state index contributed by atoms with van der Waals surface area (Å²) in [6.07, 6.45) is 1.00. The molecule has 0 aliphatic rings. The first kappa shape index (κ1) is 15.8. The van der Waals surface area contributed by atoms with Crippen LogP contribution in [0.5, 0.6) is 0 Å². The van der Waals surface area contributed by atoms with Gasteiger partial charge in [0.05, 0.1) is 0 Å². The van der Waals surface area contributed by atoms with Crippen LogP contribution in [0, 0.1) is 23.0 Å². The average molecular weight is 124 g/mol. The van der Waals surface area contributed by atoms with Crippen LogP contribution in [-0.2, 0) is 0 Å². The smallest absolute Gasteiger partial charge is 0.812 e. The molecule has 0 spiro atoms. The van der Waals surface area contributed by atoms with Crippen LogP contribution in [-0.4, -0.2) is 37.7 Å². The van der Waals surface area contributed by atoms with Gasteiger partial charge in [0.1, 0.15) is 0 Å². The van der Waals surface area contributed by atoms with E-state index in [-0.39, 0.29) is 37.7 Å². The van der Waals surface area contributed by atoms with Gasteiger partial charge in [-0.1, -0.05) is 0 Å². The summed E-state index contributed by atoms with van der Waals surface area (Å²) in [5, 5.41) is 30.0. The molecule has 0 saturated carbocycles. The third kappa shape index (κ3) is 3350. The van der Waals surface area contributed by atoms with Crippen LogP contribution in [0.4, 0.5) is 0 Å². The van der Waals surface area contributed by atoms with Crippen LogP contribution in [0.15, 0.2) is 0 Å². The summed E-state index contributed by atoms with van der Waals surface area (Å²) in [7, 11) is 0. The van der Waals surface area contributed by atoms with E-state index in [2.05, 4.69) is 0 Å². The van der Waals surface area contributed by atoms with Gasteiger partial charge < -0.3 is 10.2 Å². The van der Waals surface area contributed by atoms with Crippen molar-refractivity contribution in [2.24, 2.45) is 0 Å². The van der Waals surface area contributed by atoms with E-state index in [9.17, 15) is 0 Å². The molecule has 0 saturated heterocycles. The molecule has 0 aliphatic carbocycles. The molecule has 0 radical (unpaired) electrons. The quantitative estimate of drug-likeness (QED) is 0.259. The van der Waals surface area contributed by atoms with E-state index >= 15 is 0 Å². The molecule has 0 atom stereocenters. The minimum Gasteiger partial charge on any atom is -0.812 e. The van der Waals surface area contributed by atoms with Crippen molar-refractivity contribution in [2.45, 2.75) is 0 Å². The Morgan fingerprint density at radius 3 is 1.00 bits per heavy atom. The Labute approximate surface area is 70.6 Å². The van der Waals surface area contributed by atoms with Gasteiger partial charge in [-0.25, -0.2) is 10.5 Å². The molecule has 0 heterocycles. The number of nitriles is 2. The Morgan fingerprint density at radius 2 is 1.00 bits per heavy atom. The number of rotatable bonds is 0. The van der Waals surface area contributed by atoms with Gasteiger partial charge >= 0.3 is 37.7 Å². The minimum absolute atomic E-state index is 0. The minimum atomic E-state index is 0. The third-order valence-corrected chi connectivity index (χ3v) is 0. The first-order valence-corrected chi connectivity index (χ1v) is 0.855. The van der Waals surface area contributed by atoms with Crippen molar-refractivity contribution in [3.8, 4) is 12.5 Å². The first-order valence-electron chi connectivity index (χ1n) is 0.855. The molecule has 0 aromatic rings. The molecule has 32 valence electrons. The molecule has 0 fully saturated rings. The van der Waals surface area contributed by atoms with Gasteiger partial charge in [-0.3, -0.25) is 0 Å². The fourth-order valence-corrected chi connectivity index (χ4v) is 0. The SMILES string of the molecule is N#C[O-].N#C[O-].[Ca+2]. The second-order valence-electron chi connectivity index (χ2n) is 0.183. The zero-order valence-corrected chi connectivity index (χ0v) is 5.63. The molecule has 0 bridgehead atoms. The standard InChI is InChI=1S/2CHNO.Ca/c2*2-1-3;/h2*3H;/q;;+2/p-2. The number of nitrogens with zero attached hydrogens (tertiary/aromatic N) is 2. The Balaban J connectivity index is -0.0000000400. The zero-order chi connectivity index (χ0) is 5.41. The molecule has 4 nitrogen and oxygen atoms in total. The zero-order valence-electron chi connectivity index (χ0n) is 3.42. The molecule has 7 heavy (non-hydrogen) atoms. The van der Waals surface area contributed by atoms with Crippen LogP contribution < -0.4 is 10.2 Å². The third-order valence-electron chi connectivity index (χ3n) is 0. The monoisotopic (exact) mass is 124 g/mol. The van der Waals surface area contributed by atoms with Gasteiger partial charge in [0.15, 0.2) is 0 Å². The maximum atomic E-state index is 8.24. The summed E-state index contributed by atoms with van der Waals surface area (Å²) in [5.41, 5.74) is 0. The van der Waals surface area contributed by atoms with Crippen molar-refractivity contribution in [3.05, 3.63) is 0 Å². The Kier molecular flexibility index (Phi) is 91.3. The second kappa shape index (κ2) is 40.4. The van der Waals surface area contributed by atoms with E-state index in [0.29, 0.717) is 12.5 Å². The summed E-state index contributed by atoms with van der Waals surface area (Å²) in [5.74, 6) is 0. The summed E-state index contributed by atoms with van der Waals surface area (Å²) >= 11 is 0. The van der Waals surface area contributed by atoms with Gasteiger partial charge in [0, 0.05) is 12.5 Å². The topological polar surface area (TPSA) is 93.7 Å². The summed E-state index contributed by atoms with van der Waals surface area (Å²) in [6, 6.07) is 0. The van der Waals surface area contributed by atoms with Crippen molar-refractivity contribution < 1.29 is 10.2 Å². The van der Waals surface area contributed by atoms with E-state index in [1.165, 1.54) is 0 Å². The molecular weight excluding hydrogens is 124 g/mol. The Hall–Kier alpha value is -0.160. The number of hydrogen-bond donors (Lipinski definition) is 0. The Bertz CT molecular complexity index is 68.7. The Morgan fingerprint density at radius 1 is 1.00 bits per heavy atom. The number of hydrogen-bond acceptors (Lipinski definition) is 4. The van der Waals surface area contributed by atoms with Gasteiger partial charge in [-0.2, -0.15) is 0 Å². The van der Waals surface area contributed by atoms with Crippen molar-refractivity contribution in [1.82, 2.24) is 0 Å². The molecule has 0 amide bonds. The van der Waals surface area contributed by atoms with Crippen LogP contribution >= 0.6 is 0 Å². The van der Waals surface area contributed by atoms with Crippen molar-refractivity contribution >= 4 is 37.7 Å². The molecule has 0 N–H and O–H groups in total. The van der Waals surface area contributed by atoms with E-state index in [1.54, 1.807) is 0 Å². The molecule has 0 unspecified atom stereocenters. The van der Waals surface area contributed by atoms with Crippen molar-refractivity contribution in [1.29, 1.82) is 10.5 Å². The van der Waals surface area contributed by atoms with E-state index in [1.807, 2.05) is 0 Å². The van der Waals surface area contributed by atoms with Crippen LogP contribution in [0.2, 0.25) is 0 Å². The summed E-state index contributed by atoms with van der Waals surface area (Å²) in [4.78, 5) is 0. The molecule has 0 aliphatic heterocycles. The largest absolute Gasteiger partial charge is 2.00 e. The fourth-order valence-electron chi connectivity index (χ4n) is 0. The van der Waals surface area contributed by atoms with Gasteiger partial charge in [-0.15, -0.1) is 0 Å². The summed E-state index contributed by atoms with van der Waals surface area (Å²) < 4.78 is 0. The van der Waals surface area contributed by atoms with Gasteiger partial charge in [0.25, 0.3) is 0 Å². The molecule has 0 aromatic carbocycles. The first-order chi connectivity index (χ1) is 2.83. The van der Waals surface area contributed by atoms with Crippen molar-refractivity contribution in [3.63, 3.8) is 0 Å². The van der Waals surface area contributed by atoms with E-state index < -0.39 is 0 Å². The van der Waals surface area contributed by atoms with Gasteiger partial charge in [0.2, 0.25) is 0 Å². The average Bonchev–Trinajstić information content (AvgIpc) is 1.39. The maximum Gasteiger partial charge on any atom is 2.00 e. The van der Waals surface area contributed by atoms with Crippen LogP contribution in [0.3, 0.4) is 0 Å². The maximum absolute atomic E-state index is 8.24. The predicted octanol–water partition coefficient (Wildman–Crippen LogP) is -2.73. The summed E-state index contributed by atoms with van der Waals surface area (Å²) in [6.45, 7) is 0. The van der Waals surface area contributed by atoms with Crippen molar-refractivity contribution in [2.75, 3.05) is 0 Å². The fraction of sp³-hybridized carbons (Fsp3) is 0. The van der Waals surface area contributed by atoms with Gasteiger partial charge in [-0.05, 0) is 0 Å². The molecule has 0 aromatic heterocycles. The van der Waals surface area contributed by atoms with Crippen LogP contribution in [0.25, 0.3) is 0 Å². The molecular formula is C2CaN2O2. The second-order valence-corrected chi connectivity index (χ2v) is 0.183. The molecule has 5 heteroatoms.